The molecule has 1 heterocycles. The van der Waals surface area contributed by atoms with E-state index < -0.39 is 21.6 Å². The predicted octanol–water partition coefficient (Wildman–Crippen LogP) is 3.45. The van der Waals surface area contributed by atoms with Crippen molar-refractivity contribution in [1.29, 1.82) is 0 Å². The zero-order valence-electron chi connectivity index (χ0n) is 12.7. The number of nitro benzene ring substituents is 1. The highest BCUT2D eigenvalue weighted by Gasteiger charge is 2.30. The molecule has 1 N–H and O–H groups in total. The number of anilines is 3. The van der Waals surface area contributed by atoms with Crippen LogP contribution in [0, 0.1) is 10.1 Å². The Labute approximate surface area is 144 Å². The van der Waals surface area contributed by atoms with Gasteiger partial charge in [0.1, 0.15) is 5.69 Å². The summed E-state index contributed by atoms with van der Waals surface area (Å²) in [5.74, 6) is -0.448. The van der Waals surface area contributed by atoms with E-state index in [0.29, 0.717) is 26.2 Å². The number of nitro groups is 1. The molecule has 0 saturated carbocycles. The Kier molecular flexibility index (Phi) is 4.02. The van der Waals surface area contributed by atoms with Gasteiger partial charge in [0.05, 0.1) is 36.9 Å². The van der Waals surface area contributed by atoms with Crippen molar-refractivity contribution in [2.45, 2.75) is 16.7 Å². The number of hydrogen-bond donors (Lipinski definition) is 1. The molecule has 9 heteroatoms. The Morgan fingerprint density at radius 2 is 1.92 bits per heavy atom. The number of halogens is 1. The summed E-state index contributed by atoms with van der Waals surface area (Å²) >= 11 is 5.98. The molecule has 1 atom stereocenters. The predicted molar refractivity (Wildman–Crippen MR) is 91.6 cm³/mol. The first kappa shape index (κ1) is 16.4. The Morgan fingerprint density at radius 3 is 2.54 bits per heavy atom. The van der Waals surface area contributed by atoms with E-state index in [4.69, 9.17) is 11.6 Å². The molecule has 0 spiro atoms. The number of rotatable bonds is 2. The highest BCUT2D eigenvalue weighted by molar-refractivity contribution is 7.85. The third-order valence-corrected chi connectivity index (χ3v) is 5.32. The average molecular weight is 366 g/mol. The third-order valence-electron chi connectivity index (χ3n) is 3.63. The van der Waals surface area contributed by atoms with E-state index in [9.17, 15) is 19.1 Å². The maximum Gasteiger partial charge on any atom is 0.294 e. The topological polar surface area (TPSA) is 92.5 Å². The molecule has 2 aromatic rings. The van der Waals surface area contributed by atoms with Crippen molar-refractivity contribution < 1.29 is 13.9 Å². The SMILES string of the molecule is CC(=O)Nc1cc2c(cc1[N+](=O)[O-])N(C)c1ccc(Cl)cc1S2=O. The second-order valence-corrected chi connectivity index (χ2v) is 7.07. The van der Waals surface area contributed by atoms with Crippen LogP contribution >= 0.6 is 11.6 Å². The maximum atomic E-state index is 12.9. The van der Waals surface area contributed by atoms with Gasteiger partial charge in [0.2, 0.25) is 5.91 Å². The van der Waals surface area contributed by atoms with Crippen molar-refractivity contribution in [3.63, 3.8) is 0 Å². The second kappa shape index (κ2) is 5.88. The van der Waals surface area contributed by atoms with Gasteiger partial charge >= 0.3 is 0 Å². The van der Waals surface area contributed by atoms with Crippen LogP contribution in [0.25, 0.3) is 0 Å². The lowest BCUT2D eigenvalue weighted by Gasteiger charge is -2.29. The summed E-state index contributed by atoms with van der Waals surface area (Å²) in [6.07, 6.45) is 0. The molecule has 0 radical (unpaired) electrons. The number of hydrogen-bond acceptors (Lipinski definition) is 5. The lowest BCUT2D eigenvalue weighted by Crippen LogP contribution is -2.20. The zero-order chi connectivity index (χ0) is 17.6. The Morgan fingerprint density at radius 1 is 1.25 bits per heavy atom. The van der Waals surface area contributed by atoms with Crippen LogP contribution in [0.1, 0.15) is 6.92 Å². The van der Waals surface area contributed by atoms with Crippen molar-refractivity contribution in [3.05, 3.63) is 45.5 Å². The number of amides is 1. The van der Waals surface area contributed by atoms with E-state index in [0.717, 1.165) is 0 Å². The molecule has 1 aliphatic heterocycles. The largest absolute Gasteiger partial charge is 0.342 e. The first-order valence-electron chi connectivity index (χ1n) is 6.84. The van der Waals surface area contributed by atoms with E-state index in [1.807, 2.05) is 0 Å². The van der Waals surface area contributed by atoms with Crippen LogP contribution in [0.5, 0.6) is 0 Å². The Hall–Kier alpha value is -2.45. The standard InChI is InChI=1S/C15H12ClN3O4S/c1-8(20)17-10-6-15-13(7-12(10)19(21)22)18(2)11-4-3-9(16)5-14(11)24(15)23/h3-7H,1-2H3,(H,17,20). The number of fused-ring (bicyclic) bond motifs is 2. The lowest BCUT2D eigenvalue weighted by molar-refractivity contribution is -0.383. The molecule has 0 saturated heterocycles. The average Bonchev–Trinajstić information content (AvgIpc) is 2.51. The van der Waals surface area contributed by atoms with E-state index in [-0.39, 0.29) is 11.4 Å². The molecular weight excluding hydrogens is 354 g/mol. The van der Waals surface area contributed by atoms with Gasteiger partial charge < -0.3 is 10.2 Å². The van der Waals surface area contributed by atoms with Gasteiger partial charge in [-0.1, -0.05) is 11.6 Å². The van der Waals surface area contributed by atoms with E-state index in [1.54, 1.807) is 30.1 Å². The third kappa shape index (κ3) is 2.63. The van der Waals surface area contributed by atoms with Crippen LogP contribution in [0.15, 0.2) is 40.1 Å². The lowest BCUT2D eigenvalue weighted by atomic mass is 10.2. The van der Waals surface area contributed by atoms with Gasteiger partial charge in [0.15, 0.2) is 0 Å². The fourth-order valence-corrected chi connectivity index (χ4v) is 4.28. The van der Waals surface area contributed by atoms with Crippen molar-refractivity contribution in [1.82, 2.24) is 0 Å². The van der Waals surface area contributed by atoms with E-state index >= 15 is 0 Å². The second-order valence-electron chi connectivity index (χ2n) is 5.22. The molecule has 1 amide bonds. The van der Waals surface area contributed by atoms with Crippen molar-refractivity contribution in [2.75, 3.05) is 17.3 Å². The first-order chi connectivity index (χ1) is 11.3. The summed E-state index contributed by atoms with van der Waals surface area (Å²) in [7, 11) is 0.158. The van der Waals surface area contributed by atoms with E-state index in [2.05, 4.69) is 5.32 Å². The fourth-order valence-electron chi connectivity index (χ4n) is 2.57. The highest BCUT2D eigenvalue weighted by atomic mass is 35.5. The summed E-state index contributed by atoms with van der Waals surface area (Å²) in [5, 5.41) is 14.2. The normalized spacial score (nSPS) is 15.5. The number of carbonyl (C=O) groups is 1. The van der Waals surface area contributed by atoms with Crippen LogP contribution in [0.3, 0.4) is 0 Å². The van der Waals surface area contributed by atoms with Gasteiger partial charge in [-0.2, -0.15) is 0 Å². The molecule has 0 bridgehead atoms. The molecule has 124 valence electrons. The molecule has 3 rings (SSSR count). The van der Waals surface area contributed by atoms with Gasteiger partial charge in [0, 0.05) is 25.1 Å². The molecular formula is C15H12ClN3O4S. The molecule has 1 unspecified atom stereocenters. The van der Waals surface area contributed by atoms with Gasteiger partial charge in [-0.05, 0) is 24.3 Å². The van der Waals surface area contributed by atoms with Crippen molar-refractivity contribution in [3.8, 4) is 0 Å². The zero-order valence-corrected chi connectivity index (χ0v) is 14.3. The fraction of sp³-hybridized carbons (Fsp3) is 0.133. The molecule has 0 aliphatic carbocycles. The molecule has 0 fully saturated rings. The number of nitrogens with one attached hydrogen (secondary N) is 1. The smallest absolute Gasteiger partial charge is 0.294 e. The number of carbonyl (C=O) groups excluding carboxylic acids is 1. The summed E-state index contributed by atoms with van der Waals surface area (Å²) in [5.41, 5.74) is 0.861. The van der Waals surface area contributed by atoms with Crippen LogP contribution in [-0.4, -0.2) is 22.1 Å². The minimum absolute atomic E-state index is 0.0125. The quantitative estimate of drug-likeness (QED) is 0.650. The number of nitrogens with zero attached hydrogens (tertiary/aromatic N) is 2. The number of benzene rings is 2. The van der Waals surface area contributed by atoms with Crippen LogP contribution < -0.4 is 10.2 Å². The van der Waals surface area contributed by atoms with Gasteiger partial charge in [-0.15, -0.1) is 0 Å². The van der Waals surface area contributed by atoms with Crippen molar-refractivity contribution >= 4 is 51.1 Å². The summed E-state index contributed by atoms with van der Waals surface area (Å²) in [6, 6.07) is 7.68. The van der Waals surface area contributed by atoms with Gasteiger partial charge in [-0.3, -0.25) is 14.9 Å². The first-order valence-corrected chi connectivity index (χ1v) is 8.37. The molecule has 7 nitrogen and oxygen atoms in total. The summed E-state index contributed by atoms with van der Waals surface area (Å²) < 4.78 is 12.9. The molecule has 0 aromatic heterocycles. The Bertz CT molecular complexity index is 916. The summed E-state index contributed by atoms with van der Waals surface area (Å²) in [6.45, 7) is 1.25. The van der Waals surface area contributed by atoms with Gasteiger partial charge in [0.25, 0.3) is 5.69 Å². The van der Waals surface area contributed by atoms with Crippen LogP contribution in [0.2, 0.25) is 5.02 Å². The molecule has 1 aliphatic rings. The van der Waals surface area contributed by atoms with Crippen molar-refractivity contribution in [2.24, 2.45) is 0 Å². The summed E-state index contributed by atoms with van der Waals surface area (Å²) in [4.78, 5) is 24.6. The minimum Gasteiger partial charge on any atom is -0.342 e. The highest BCUT2D eigenvalue weighted by Crippen LogP contribution is 2.45. The monoisotopic (exact) mass is 365 g/mol. The Balaban J connectivity index is 2.24. The van der Waals surface area contributed by atoms with Crippen LogP contribution in [-0.2, 0) is 15.6 Å². The van der Waals surface area contributed by atoms with E-state index in [1.165, 1.54) is 19.1 Å². The minimum atomic E-state index is -1.57. The molecule has 24 heavy (non-hydrogen) atoms. The van der Waals surface area contributed by atoms with Crippen LogP contribution in [0.4, 0.5) is 22.7 Å². The maximum absolute atomic E-state index is 12.9. The molecule has 2 aromatic carbocycles. The van der Waals surface area contributed by atoms with Gasteiger partial charge in [-0.25, -0.2) is 4.21 Å².